The third-order valence-electron chi connectivity index (χ3n) is 4.24. The van der Waals surface area contributed by atoms with E-state index in [0.717, 1.165) is 78.0 Å². The van der Waals surface area contributed by atoms with Crippen molar-refractivity contribution in [2.75, 3.05) is 59.2 Å². The highest BCUT2D eigenvalue weighted by molar-refractivity contribution is 14.0. The van der Waals surface area contributed by atoms with Gasteiger partial charge in [0, 0.05) is 44.9 Å². The van der Waals surface area contributed by atoms with Gasteiger partial charge in [0.15, 0.2) is 5.96 Å². The zero-order valence-electron chi connectivity index (χ0n) is 16.6. The molecule has 0 amide bonds. The fourth-order valence-electron chi connectivity index (χ4n) is 2.61. The molecule has 0 aromatic heterocycles. The first-order valence-electron chi connectivity index (χ1n) is 9.53. The van der Waals surface area contributed by atoms with Crippen molar-refractivity contribution in [3.63, 3.8) is 0 Å². The summed E-state index contributed by atoms with van der Waals surface area (Å²) in [5, 5.41) is 6.73. The molecule has 1 aliphatic rings. The highest BCUT2D eigenvalue weighted by atomic mass is 127. The Labute approximate surface area is 171 Å². The number of hydrogen-bond acceptors (Lipinski definition) is 4. The van der Waals surface area contributed by atoms with E-state index in [2.05, 4.69) is 43.2 Å². The van der Waals surface area contributed by atoms with Crippen LogP contribution in [-0.4, -0.2) is 75.5 Å². The Morgan fingerprint density at radius 3 is 2.44 bits per heavy atom. The van der Waals surface area contributed by atoms with Gasteiger partial charge in [0.05, 0.1) is 19.8 Å². The van der Waals surface area contributed by atoms with Crippen LogP contribution in [-0.2, 0) is 9.47 Å². The van der Waals surface area contributed by atoms with Crippen molar-refractivity contribution >= 4 is 29.9 Å². The van der Waals surface area contributed by atoms with Crippen molar-refractivity contribution in [2.24, 2.45) is 4.99 Å². The second-order valence-corrected chi connectivity index (χ2v) is 6.85. The number of nitrogens with zero attached hydrogens (tertiary/aromatic N) is 2. The summed E-state index contributed by atoms with van der Waals surface area (Å²) in [5.41, 5.74) is 0.0510. The van der Waals surface area contributed by atoms with E-state index in [9.17, 15) is 0 Å². The SMILES string of the molecule is CCCCOCCCNC(=NCC(C)(C)N1CCOCC1)NCC.I. The third-order valence-corrected chi connectivity index (χ3v) is 4.24. The molecular weight excluding hydrogens is 431 g/mol. The standard InChI is InChI=1S/C18H38N4O2.HI/c1-5-7-12-23-13-8-9-20-17(19-6-2)21-16-18(3,4)22-10-14-24-15-11-22;/h5-16H2,1-4H3,(H2,19,20,21);1H. The van der Waals surface area contributed by atoms with Crippen molar-refractivity contribution in [2.45, 2.75) is 52.5 Å². The lowest BCUT2D eigenvalue weighted by atomic mass is 10.0. The molecule has 0 spiro atoms. The minimum Gasteiger partial charge on any atom is -0.381 e. The molecule has 1 rings (SSSR count). The van der Waals surface area contributed by atoms with Gasteiger partial charge in [-0.05, 0) is 33.6 Å². The molecule has 0 bridgehead atoms. The van der Waals surface area contributed by atoms with Gasteiger partial charge < -0.3 is 20.1 Å². The van der Waals surface area contributed by atoms with E-state index in [1.165, 1.54) is 6.42 Å². The van der Waals surface area contributed by atoms with E-state index in [4.69, 9.17) is 14.5 Å². The maximum Gasteiger partial charge on any atom is 0.191 e. The van der Waals surface area contributed by atoms with Crippen molar-refractivity contribution in [3.8, 4) is 0 Å². The largest absolute Gasteiger partial charge is 0.381 e. The number of morpholine rings is 1. The summed E-state index contributed by atoms with van der Waals surface area (Å²) in [6.07, 6.45) is 3.34. The maximum atomic E-state index is 5.59. The second kappa shape index (κ2) is 15.0. The van der Waals surface area contributed by atoms with Crippen LogP contribution in [0.4, 0.5) is 0 Å². The van der Waals surface area contributed by atoms with Crippen LogP contribution in [0.25, 0.3) is 0 Å². The predicted molar refractivity (Wildman–Crippen MR) is 116 cm³/mol. The number of guanidine groups is 1. The highest BCUT2D eigenvalue weighted by Gasteiger charge is 2.27. The van der Waals surface area contributed by atoms with Crippen molar-refractivity contribution in [3.05, 3.63) is 0 Å². The predicted octanol–water partition coefficient (Wildman–Crippen LogP) is 2.48. The first-order chi connectivity index (χ1) is 11.6. The van der Waals surface area contributed by atoms with Crippen LogP contribution in [0.1, 0.15) is 47.0 Å². The molecule has 2 N–H and O–H groups in total. The van der Waals surface area contributed by atoms with Crippen LogP contribution in [0.2, 0.25) is 0 Å². The molecule has 0 aliphatic carbocycles. The number of nitrogens with one attached hydrogen (secondary N) is 2. The van der Waals surface area contributed by atoms with Crippen molar-refractivity contribution < 1.29 is 9.47 Å². The average molecular weight is 470 g/mol. The van der Waals surface area contributed by atoms with Crippen LogP contribution in [0.15, 0.2) is 4.99 Å². The molecule has 1 aliphatic heterocycles. The van der Waals surface area contributed by atoms with Gasteiger partial charge in [0.1, 0.15) is 0 Å². The number of halogens is 1. The Kier molecular flexibility index (Phi) is 14.9. The normalized spacial score (nSPS) is 16.4. The first kappa shape index (κ1) is 24.9. The average Bonchev–Trinajstić information content (AvgIpc) is 2.59. The zero-order valence-corrected chi connectivity index (χ0v) is 18.9. The molecule has 1 fully saturated rings. The molecule has 0 atom stereocenters. The third kappa shape index (κ3) is 11.2. The van der Waals surface area contributed by atoms with E-state index in [0.29, 0.717) is 0 Å². The maximum absolute atomic E-state index is 5.59. The molecule has 7 heteroatoms. The monoisotopic (exact) mass is 470 g/mol. The lowest BCUT2D eigenvalue weighted by molar-refractivity contribution is -0.00683. The molecule has 6 nitrogen and oxygen atoms in total. The van der Waals surface area contributed by atoms with Gasteiger partial charge in [-0.15, -0.1) is 24.0 Å². The minimum atomic E-state index is 0. The molecule has 25 heavy (non-hydrogen) atoms. The van der Waals surface area contributed by atoms with E-state index in [1.807, 2.05) is 0 Å². The quantitative estimate of drug-likeness (QED) is 0.210. The van der Waals surface area contributed by atoms with Crippen molar-refractivity contribution in [1.82, 2.24) is 15.5 Å². The van der Waals surface area contributed by atoms with Crippen LogP contribution in [0, 0.1) is 0 Å². The molecule has 0 unspecified atom stereocenters. The van der Waals surface area contributed by atoms with E-state index >= 15 is 0 Å². The van der Waals surface area contributed by atoms with Gasteiger partial charge in [-0.25, -0.2) is 0 Å². The molecular formula is C18H39IN4O2. The van der Waals surface area contributed by atoms with Crippen molar-refractivity contribution in [1.29, 1.82) is 0 Å². The summed E-state index contributed by atoms with van der Waals surface area (Å²) in [7, 11) is 0. The number of aliphatic imine (C=N–C) groups is 1. The summed E-state index contributed by atoms with van der Waals surface area (Å²) < 4.78 is 11.0. The minimum absolute atomic E-state index is 0. The van der Waals surface area contributed by atoms with Crippen LogP contribution in [0.5, 0.6) is 0 Å². The Morgan fingerprint density at radius 2 is 1.80 bits per heavy atom. The fraction of sp³-hybridized carbons (Fsp3) is 0.944. The van der Waals surface area contributed by atoms with Crippen LogP contribution < -0.4 is 10.6 Å². The molecule has 0 radical (unpaired) electrons. The summed E-state index contributed by atoms with van der Waals surface area (Å²) in [5.74, 6) is 0.896. The number of hydrogen-bond donors (Lipinski definition) is 2. The Balaban J connectivity index is 0.00000576. The van der Waals surface area contributed by atoms with Crippen LogP contribution >= 0.6 is 24.0 Å². The molecule has 150 valence electrons. The fourth-order valence-corrected chi connectivity index (χ4v) is 2.61. The van der Waals surface area contributed by atoms with Gasteiger partial charge in [-0.3, -0.25) is 9.89 Å². The lowest BCUT2D eigenvalue weighted by Crippen LogP contribution is -2.52. The van der Waals surface area contributed by atoms with Gasteiger partial charge in [-0.1, -0.05) is 13.3 Å². The van der Waals surface area contributed by atoms with Gasteiger partial charge in [0.2, 0.25) is 0 Å². The number of unbranched alkanes of at least 4 members (excludes halogenated alkanes) is 1. The first-order valence-corrected chi connectivity index (χ1v) is 9.53. The van der Waals surface area contributed by atoms with E-state index < -0.39 is 0 Å². The summed E-state index contributed by atoms with van der Waals surface area (Å²) in [6, 6.07) is 0. The highest BCUT2D eigenvalue weighted by Crippen LogP contribution is 2.16. The number of rotatable bonds is 11. The molecule has 0 aromatic carbocycles. The summed E-state index contributed by atoms with van der Waals surface area (Å²) >= 11 is 0. The number of ether oxygens (including phenoxy) is 2. The zero-order chi connectivity index (χ0) is 17.7. The molecule has 1 heterocycles. The smallest absolute Gasteiger partial charge is 0.191 e. The van der Waals surface area contributed by atoms with Crippen LogP contribution in [0.3, 0.4) is 0 Å². The summed E-state index contributed by atoms with van der Waals surface area (Å²) in [4.78, 5) is 7.24. The molecule has 1 saturated heterocycles. The van der Waals surface area contributed by atoms with E-state index in [-0.39, 0.29) is 29.5 Å². The van der Waals surface area contributed by atoms with Gasteiger partial charge >= 0.3 is 0 Å². The Bertz CT molecular complexity index is 348. The lowest BCUT2D eigenvalue weighted by Gasteiger charge is -2.39. The van der Waals surface area contributed by atoms with E-state index in [1.54, 1.807) is 0 Å². The second-order valence-electron chi connectivity index (χ2n) is 6.85. The summed E-state index contributed by atoms with van der Waals surface area (Å²) in [6.45, 7) is 16.6. The Morgan fingerprint density at radius 1 is 1.12 bits per heavy atom. The molecule has 0 aromatic rings. The topological polar surface area (TPSA) is 58.1 Å². The van der Waals surface area contributed by atoms with Gasteiger partial charge in [0.25, 0.3) is 0 Å². The molecule has 0 saturated carbocycles. The Hall–Kier alpha value is -0.120. The van der Waals surface area contributed by atoms with Gasteiger partial charge in [-0.2, -0.15) is 0 Å².